The van der Waals surface area contributed by atoms with Crippen molar-refractivity contribution < 1.29 is 14.6 Å². The molecule has 0 saturated carbocycles. The van der Waals surface area contributed by atoms with E-state index in [-0.39, 0.29) is 11.5 Å². The number of fused-ring (bicyclic) bond motifs is 1. The van der Waals surface area contributed by atoms with Crippen LogP contribution in [0.15, 0.2) is 41.1 Å². The van der Waals surface area contributed by atoms with E-state index in [9.17, 15) is 10.2 Å². The molecular weight excluding hydrogens is 218 g/mol. The summed E-state index contributed by atoms with van der Waals surface area (Å²) in [5.74, 6) is 0.398. The van der Waals surface area contributed by atoms with E-state index in [0.29, 0.717) is 11.3 Å². The molecule has 3 rings (SSSR count). The molecule has 0 bridgehead atoms. The van der Waals surface area contributed by atoms with Crippen molar-refractivity contribution >= 4 is 11.0 Å². The minimum absolute atomic E-state index is 0.141. The number of furan rings is 1. The summed E-state index contributed by atoms with van der Waals surface area (Å²) in [7, 11) is 1.93. The molecule has 3 aromatic rings. The highest BCUT2D eigenvalue weighted by Gasteiger charge is 2.10. The Morgan fingerprint density at radius 3 is 2.59 bits per heavy atom. The summed E-state index contributed by atoms with van der Waals surface area (Å²) >= 11 is 0. The Kier molecular flexibility index (Phi) is 1.92. The zero-order valence-corrected chi connectivity index (χ0v) is 9.21. The van der Waals surface area contributed by atoms with Gasteiger partial charge >= 0.3 is 0 Å². The SMILES string of the molecule is Cn1ccc(-c2cc3cc(O)c(O)cc3o2)c1. The van der Waals surface area contributed by atoms with E-state index in [0.717, 1.165) is 10.9 Å². The van der Waals surface area contributed by atoms with Gasteiger partial charge in [-0.25, -0.2) is 0 Å². The molecule has 4 nitrogen and oxygen atoms in total. The van der Waals surface area contributed by atoms with E-state index in [1.807, 2.05) is 36.1 Å². The van der Waals surface area contributed by atoms with Crippen LogP contribution in [0.4, 0.5) is 0 Å². The number of aromatic nitrogens is 1. The van der Waals surface area contributed by atoms with Gasteiger partial charge in [0.1, 0.15) is 11.3 Å². The molecule has 0 atom stereocenters. The smallest absolute Gasteiger partial charge is 0.161 e. The van der Waals surface area contributed by atoms with Crippen molar-refractivity contribution in [2.24, 2.45) is 7.05 Å². The van der Waals surface area contributed by atoms with Crippen LogP contribution >= 0.6 is 0 Å². The van der Waals surface area contributed by atoms with Gasteiger partial charge in [-0.15, -0.1) is 0 Å². The van der Waals surface area contributed by atoms with Crippen LogP contribution in [0.2, 0.25) is 0 Å². The molecule has 0 unspecified atom stereocenters. The Balaban J connectivity index is 2.19. The number of phenolic OH excluding ortho intramolecular Hbond substituents is 2. The number of aromatic hydroxyl groups is 2. The Hall–Kier alpha value is -2.36. The average molecular weight is 229 g/mol. The van der Waals surface area contributed by atoms with E-state index >= 15 is 0 Å². The molecule has 0 spiro atoms. The first-order chi connectivity index (χ1) is 8.13. The number of nitrogens with zero attached hydrogens (tertiary/aromatic N) is 1. The maximum atomic E-state index is 9.41. The number of rotatable bonds is 1. The highest BCUT2D eigenvalue weighted by Crippen LogP contribution is 2.34. The number of hydrogen-bond acceptors (Lipinski definition) is 3. The maximum Gasteiger partial charge on any atom is 0.161 e. The lowest BCUT2D eigenvalue weighted by atomic mass is 10.2. The van der Waals surface area contributed by atoms with Gasteiger partial charge in [-0.05, 0) is 18.2 Å². The summed E-state index contributed by atoms with van der Waals surface area (Å²) in [6, 6.07) is 6.68. The molecule has 86 valence electrons. The fourth-order valence-corrected chi connectivity index (χ4v) is 1.86. The molecule has 2 N–H and O–H groups in total. The molecule has 0 aliphatic rings. The van der Waals surface area contributed by atoms with Gasteiger partial charge in [0.2, 0.25) is 0 Å². The molecule has 0 saturated heterocycles. The van der Waals surface area contributed by atoms with Crippen LogP contribution in [0.1, 0.15) is 0 Å². The van der Waals surface area contributed by atoms with Crippen molar-refractivity contribution in [3.8, 4) is 22.8 Å². The molecule has 0 aliphatic heterocycles. The van der Waals surface area contributed by atoms with Crippen molar-refractivity contribution in [1.29, 1.82) is 0 Å². The second kappa shape index (κ2) is 3.31. The molecule has 0 aliphatic carbocycles. The van der Waals surface area contributed by atoms with Gasteiger partial charge in [-0.1, -0.05) is 0 Å². The first-order valence-corrected chi connectivity index (χ1v) is 5.21. The van der Waals surface area contributed by atoms with Crippen molar-refractivity contribution in [3.05, 3.63) is 36.7 Å². The topological polar surface area (TPSA) is 58.5 Å². The second-order valence-electron chi connectivity index (χ2n) is 4.06. The predicted octanol–water partition coefficient (Wildman–Crippen LogP) is 2.85. The normalized spacial score (nSPS) is 11.1. The molecule has 1 aromatic carbocycles. The van der Waals surface area contributed by atoms with Gasteiger partial charge in [0.15, 0.2) is 11.5 Å². The first-order valence-electron chi connectivity index (χ1n) is 5.21. The van der Waals surface area contributed by atoms with Gasteiger partial charge in [-0.2, -0.15) is 0 Å². The molecule has 0 amide bonds. The van der Waals surface area contributed by atoms with Crippen LogP contribution < -0.4 is 0 Å². The maximum absolute atomic E-state index is 9.41. The van der Waals surface area contributed by atoms with E-state index in [1.165, 1.54) is 12.1 Å². The Morgan fingerprint density at radius 2 is 1.88 bits per heavy atom. The summed E-state index contributed by atoms with van der Waals surface area (Å²) in [5, 5.41) is 19.6. The summed E-state index contributed by atoms with van der Waals surface area (Å²) in [6.07, 6.45) is 3.87. The molecule has 0 fully saturated rings. The van der Waals surface area contributed by atoms with Gasteiger partial charge in [0, 0.05) is 36.5 Å². The molecular formula is C13H11NO3. The largest absolute Gasteiger partial charge is 0.504 e. The van der Waals surface area contributed by atoms with Crippen molar-refractivity contribution in [3.63, 3.8) is 0 Å². The highest BCUT2D eigenvalue weighted by atomic mass is 16.3. The van der Waals surface area contributed by atoms with Gasteiger partial charge < -0.3 is 19.2 Å². The average Bonchev–Trinajstić information content (AvgIpc) is 2.85. The fraction of sp³-hybridized carbons (Fsp3) is 0.0769. The number of hydrogen-bond donors (Lipinski definition) is 2. The number of phenols is 2. The summed E-state index contributed by atoms with van der Waals surface area (Å²) in [6.45, 7) is 0. The van der Waals surface area contributed by atoms with Crippen molar-refractivity contribution in [2.45, 2.75) is 0 Å². The molecule has 0 radical (unpaired) electrons. The lowest BCUT2D eigenvalue weighted by Gasteiger charge is -1.94. The third kappa shape index (κ3) is 1.54. The third-order valence-corrected chi connectivity index (χ3v) is 2.73. The van der Waals surface area contributed by atoms with Gasteiger partial charge in [0.25, 0.3) is 0 Å². The highest BCUT2D eigenvalue weighted by molar-refractivity contribution is 5.85. The summed E-state index contributed by atoms with van der Waals surface area (Å²) in [4.78, 5) is 0. The van der Waals surface area contributed by atoms with E-state index in [1.54, 1.807) is 0 Å². The summed E-state index contributed by atoms with van der Waals surface area (Å²) in [5.41, 5.74) is 1.52. The van der Waals surface area contributed by atoms with Gasteiger partial charge in [0.05, 0.1) is 0 Å². The zero-order chi connectivity index (χ0) is 12.0. The lowest BCUT2D eigenvalue weighted by molar-refractivity contribution is 0.404. The van der Waals surface area contributed by atoms with Gasteiger partial charge in [-0.3, -0.25) is 0 Å². The van der Waals surface area contributed by atoms with E-state index in [2.05, 4.69) is 0 Å². The minimum Gasteiger partial charge on any atom is -0.504 e. The third-order valence-electron chi connectivity index (χ3n) is 2.73. The number of aryl methyl sites for hydroxylation is 1. The number of benzene rings is 1. The first kappa shape index (κ1) is 9.84. The van der Waals surface area contributed by atoms with Crippen LogP contribution in [0, 0.1) is 0 Å². The lowest BCUT2D eigenvalue weighted by Crippen LogP contribution is -1.77. The predicted molar refractivity (Wildman–Crippen MR) is 64.0 cm³/mol. The monoisotopic (exact) mass is 229 g/mol. The van der Waals surface area contributed by atoms with Crippen molar-refractivity contribution in [1.82, 2.24) is 4.57 Å². The minimum atomic E-state index is -0.175. The Bertz CT molecular complexity index is 655. The quantitative estimate of drug-likeness (QED) is 0.631. The molecule has 17 heavy (non-hydrogen) atoms. The zero-order valence-electron chi connectivity index (χ0n) is 9.21. The molecule has 4 heteroatoms. The molecule has 2 heterocycles. The van der Waals surface area contributed by atoms with Crippen LogP contribution in [0.25, 0.3) is 22.3 Å². The van der Waals surface area contributed by atoms with Crippen molar-refractivity contribution in [2.75, 3.05) is 0 Å². The Labute approximate surface area is 97.3 Å². The summed E-state index contributed by atoms with van der Waals surface area (Å²) < 4.78 is 7.55. The van der Waals surface area contributed by atoms with Crippen LogP contribution in [-0.2, 0) is 7.05 Å². The van der Waals surface area contributed by atoms with E-state index < -0.39 is 0 Å². The van der Waals surface area contributed by atoms with E-state index in [4.69, 9.17) is 4.42 Å². The van der Waals surface area contributed by atoms with Crippen LogP contribution in [0.5, 0.6) is 11.5 Å². The van der Waals surface area contributed by atoms with Crippen LogP contribution in [-0.4, -0.2) is 14.8 Å². The standard InChI is InChI=1S/C13H11NO3/c1-14-3-2-8(7-14)12-5-9-4-10(15)11(16)6-13(9)17-12/h2-7,15-16H,1H3. The second-order valence-corrected chi connectivity index (χ2v) is 4.06. The Morgan fingerprint density at radius 1 is 1.12 bits per heavy atom. The van der Waals surface area contributed by atoms with Crippen LogP contribution in [0.3, 0.4) is 0 Å². The fourth-order valence-electron chi connectivity index (χ4n) is 1.86. The molecule has 2 aromatic heterocycles.